The van der Waals surface area contributed by atoms with Crippen molar-refractivity contribution >= 4 is 18.5 Å². The van der Waals surface area contributed by atoms with Crippen LogP contribution in [0.3, 0.4) is 0 Å². The quantitative estimate of drug-likeness (QED) is 0.655. The van der Waals surface area contributed by atoms with Gasteiger partial charge in [-0.25, -0.2) is 0 Å². The SMILES string of the molecule is CC(C)(O)C(C)(C)OB(O)c1cccc(C(N)=O)c1. The van der Waals surface area contributed by atoms with E-state index in [2.05, 4.69) is 0 Å². The molecule has 4 N–H and O–H groups in total. The molecule has 5 nitrogen and oxygen atoms in total. The van der Waals surface area contributed by atoms with Crippen LogP contribution in [-0.4, -0.2) is 34.4 Å². The number of carbonyl (C=O) groups excluding carboxylic acids is 1. The second-order valence-corrected chi connectivity index (χ2v) is 5.53. The molecule has 6 heteroatoms. The van der Waals surface area contributed by atoms with Crippen molar-refractivity contribution < 1.29 is 19.6 Å². The van der Waals surface area contributed by atoms with Crippen molar-refractivity contribution in [3.63, 3.8) is 0 Å². The van der Waals surface area contributed by atoms with Crippen LogP contribution in [0.25, 0.3) is 0 Å². The molecule has 0 saturated heterocycles. The predicted octanol–water partition coefficient (Wildman–Crippen LogP) is 0.0391. The molecule has 0 aliphatic heterocycles. The molecule has 0 unspecified atom stereocenters. The summed E-state index contributed by atoms with van der Waals surface area (Å²) in [5.74, 6) is -0.573. The highest BCUT2D eigenvalue weighted by atomic mass is 16.5. The standard InChI is InChI=1S/C13H20BNO4/c1-12(2,17)13(3,4)19-14(18)10-7-5-6-9(8-10)11(15)16/h5-8,17-18H,1-4H3,(H2,15,16). The lowest BCUT2D eigenvalue weighted by molar-refractivity contribution is -0.0982. The van der Waals surface area contributed by atoms with Crippen LogP contribution in [0.2, 0.25) is 0 Å². The van der Waals surface area contributed by atoms with Crippen LogP contribution in [0, 0.1) is 0 Å². The maximum atomic E-state index is 11.1. The Hall–Kier alpha value is -1.37. The Morgan fingerprint density at radius 1 is 1.32 bits per heavy atom. The third-order valence-corrected chi connectivity index (χ3v) is 3.34. The van der Waals surface area contributed by atoms with E-state index in [-0.39, 0.29) is 0 Å². The largest absolute Gasteiger partial charge is 0.491 e. The minimum Gasteiger partial charge on any atom is -0.423 e. The Bertz CT molecular complexity index is 468. The van der Waals surface area contributed by atoms with E-state index >= 15 is 0 Å². The minimum atomic E-state index is -1.25. The average Bonchev–Trinajstić information content (AvgIpc) is 2.27. The molecule has 0 heterocycles. The van der Waals surface area contributed by atoms with E-state index in [4.69, 9.17) is 10.4 Å². The maximum absolute atomic E-state index is 11.1. The third-order valence-electron chi connectivity index (χ3n) is 3.34. The highest BCUT2D eigenvalue weighted by Crippen LogP contribution is 2.25. The summed E-state index contributed by atoms with van der Waals surface area (Å²) in [5.41, 5.74) is 3.79. The van der Waals surface area contributed by atoms with Crippen molar-refractivity contribution in [2.75, 3.05) is 0 Å². The molecule has 0 fully saturated rings. The number of hydrogen-bond donors (Lipinski definition) is 3. The zero-order valence-corrected chi connectivity index (χ0v) is 11.7. The molecule has 0 atom stereocenters. The number of benzene rings is 1. The first-order valence-electron chi connectivity index (χ1n) is 6.02. The molecular formula is C13H20BNO4. The predicted molar refractivity (Wildman–Crippen MR) is 74.0 cm³/mol. The van der Waals surface area contributed by atoms with E-state index in [0.29, 0.717) is 11.0 Å². The molecule has 0 aromatic heterocycles. The van der Waals surface area contributed by atoms with Crippen molar-refractivity contribution in [3.8, 4) is 0 Å². The number of primary amides is 1. The van der Waals surface area contributed by atoms with E-state index in [1.165, 1.54) is 6.07 Å². The second kappa shape index (κ2) is 5.32. The topological polar surface area (TPSA) is 92.8 Å². The van der Waals surface area contributed by atoms with Gasteiger partial charge in [0.05, 0.1) is 11.2 Å². The number of rotatable bonds is 5. The molecule has 1 aromatic rings. The summed E-state index contributed by atoms with van der Waals surface area (Å²) in [6, 6.07) is 6.25. The Morgan fingerprint density at radius 2 is 1.89 bits per heavy atom. The Kier molecular flexibility index (Phi) is 4.40. The summed E-state index contributed by atoms with van der Waals surface area (Å²) in [7, 11) is -1.25. The summed E-state index contributed by atoms with van der Waals surface area (Å²) in [4.78, 5) is 11.1. The third kappa shape index (κ3) is 3.80. The van der Waals surface area contributed by atoms with Gasteiger partial charge in [-0.2, -0.15) is 0 Å². The summed E-state index contributed by atoms with van der Waals surface area (Å²) >= 11 is 0. The van der Waals surface area contributed by atoms with E-state index in [1.54, 1.807) is 45.9 Å². The Labute approximate surface area is 113 Å². The van der Waals surface area contributed by atoms with Crippen molar-refractivity contribution in [1.29, 1.82) is 0 Å². The fourth-order valence-electron chi connectivity index (χ4n) is 1.34. The molecule has 0 aliphatic rings. The fraction of sp³-hybridized carbons (Fsp3) is 0.462. The Morgan fingerprint density at radius 3 is 2.37 bits per heavy atom. The summed E-state index contributed by atoms with van der Waals surface area (Å²) in [6.45, 7) is 6.54. The summed E-state index contributed by atoms with van der Waals surface area (Å²) in [5, 5.41) is 20.0. The zero-order chi connectivity index (χ0) is 14.8. The number of amides is 1. The zero-order valence-electron chi connectivity index (χ0n) is 11.7. The van der Waals surface area contributed by atoms with E-state index in [9.17, 15) is 14.9 Å². The van der Waals surface area contributed by atoms with Crippen LogP contribution in [0.4, 0.5) is 0 Å². The average molecular weight is 265 g/mol. The molecule has 1 aromatic carbocycles. The van der Waals surface area contributed by atoms with Gasteiger partial charge in [-0.05, 0) is 45.3 Å². The minimum absolute atomic E-state index is 0.293. The molecule has 1 amide bonds. The molecule has 0 aliphatic carbocycles. The number of hydrogen-bond acceptors (Lipinski definition) is 4. The summed E-state index contributed by atoms with van der Waals surface area (Å²) < 4.78 is 5.48. The van der Waals surface area contributed by atoms with Crippen molar-refractivity contribution in [3.05, 3.63) is 29.8 Å². The van der Waals surface area contributed by atoms with Gasteiger partial charge in [0.1, 0.15) is 0 Å². The lowest BCUT2D eigenvalue weighted by atomic mass is 9.76. The highest BCUT2D eigenvalue weighted by molar-refractivity contribution is 6.60. The van der Waals surface area contributed by atoms with Crippen LogP contribution in [0.15, 0.2) is 24.3 Å². The molecule has 104 valence electrons. The van der Waals surface area contributed by atoms with Crippen LogP contribution < -0.4 is 11.2 Å². The van der Waals surface area contributed by atoms with Gasteiger partial charge >= 0.3 is 7.12 Å². The van der Waals surface area contributed by atoms with E-state index in [1.807, 2.05) is 0 Å². The van der Waals surface area contributed by atoms with Crippen molar-refractivity contribution in [2.24, 2.45) is 5.73 Å². The van der Waals surface area contributed by atoms with Gasteiger partial charge in [-0.3, -0.25) is 4.79 Å². The number of aliphatic hydroxyl groups is 1. The molecule has 0 bridgehead atoms. The highest BCUT2D eigenvalue weighted by Gasteiger charge is 2.39. The molecule has 0 saturated carbocycles. The van der Waals surface area contributed by atoms with Crippen LogP contribution in [-0.2, 0) is 4.65 Å². The number of carbonyl (C=O) groups is 1. The molecule has 0 radical (unpaired) electrons. The smallest absolute Gasteiger partial charge is 0.423 e. The van der Waals surface area contributed by atoms with Crippen LogP contribution in [0.1, 0.15) is 38.1 Å². The molecule has 19 heavy (non-hydrogen) atoms. The van der Waals surface area contributed by atoms with Gasteiger partial charge < -0.3 is 20.5 Å². The lowest BCUT2D eigenvalue weighted by Crippen LogP contribution is -2.53. The summed E-state index contributed by atoms with van der Waals surface area (Å²) in [6.07, 6.45) is 0. The number of nitrogens with two attached hydrogens (primary N) is 1. The molecule has 1 rings (SSSR count). The first-order valence-corrected chi connectivity index (χ1v) is 6.02. The lowest BCUT2D eigenvalue weighted by Gasteiger charge is -2.38. The van der Waals surface area contributed by atoms with Crippen molar-refractivity contribution in [2.45, 2.75) is 38.9 Å². The molecular weight excluding hydrogens is 245 g/mol. The van der Waals surface area contributed by atoms with E-state index < -0.39 is 24.2 Å². The first kappa shape index (κ1) is 15.7. The van der Waals surface area contributed by atoms with Crippen LogP contribution in [0.5, 0.6) is 0 Å². The van der Waals surface area contributed by atoms with Gasteiger partial charge in [0.2, 0.25) is 5.91 Å². The molecule has 0 spiro atoms. The van der Waals surface area contributed by atoms with Crippen molar-refractivity contribution in [1.82, 2.24) is 0 Å². The maximum Gasteiger partial charge on any atom is 0.491 e. The van der Waals surface area contributed by atoms with Gasteiger partial charge in [-0.15, -0.1) is 0 Å². The fourth-order valence-corrected chi connectivity index (χ4v) is 1.34. The van der Waals surface area contributed by atoms with E-state index in [0.717, 1.165) is 0 Å². The monoisotopic (exact) mass is 265 g/mol. The van der Waals surface area contributed by atoms with Gasteiger partial charge in [0.15, 0.2) is 0 Å². The normalized spacial score (nSPS) is 12.3. The van der Waals surface area contributed by atoms with Gasteiger partial charge in [-0.1, -0.05) is 12.1 Å². The van der Waals surface area contributed by atoms with Gasteiger partial charge in [0, 0.05) is 5.56 Å². The van der Waals surface area contributed by atoms with Crippen LogP contribution >= 0.6 is 0 Å². The first-order chi connectivity index (χ1) is 8.54. The second-order valence-electron chi connectivity index (χ2n) is 5.53. The Balaban J connectivity index is 2.93. The van der Waals surface area contributed by atoms with Gasteiger partial charge in [0.25, 0.3) is 0 Å².